The van der Waals surface area contributed by atoms with E-state index in [0.717, 1.165) is 50.4 Å². The molecular weight excluding hydrogens is 689 g/mol. The number of alkyl halides is 2. The van der Waals surface area contributed by atoms with Crippen molar-refractivity contribution in [1.29, 1.82) is 0 Å². The lowest BCUT2D eigenvalue weighted by Crippen LogP contribution is -2.51. The smallest absolute Gasteiger partial charge is 0.409 e. The molecule has 4 aliphatic rings. The number of hydrogen-bond donors (Lipinski definition) is 0. The molecule has 0 aliphatic heterocycles. The number of ether oxygens (including phenoxy) is 2. The first-order valence-electron chi connectivity index (χ1n) is 21.8. The Morgan fingerprint density at radius 1 is 0.865 bits per heavy atom. The van der Waals surface area contributed by atoms with Crippen molar-refractivity contribution < 1.29 is 19.1 Å². The van der Waals surface area contributed by atoms with Crippen LogP contribution in [0.2, 0.25) is 0 Å². The molecule has 7 heteroatoms. The van der Waals surface area contributed by atoms with E-state index in [9.17, 15) is 9.59 Å². The number of carbonyl (C=O) groups excluding carboxylic acids is 2. The van der Waals surface area contributed by atoms with Gasteiger partial charge in [0, 0.05) is 37.7 Å². The number of nitrogens with zero attached hydrogens (tertiary/aromatic N) is 1. The van der Waals surface area contributed by atoms with Gasteiger partial charge in [-0.05, 0) is 117 Å². The Morgan fingerprint density at radius 2 is 1.52 bits per heavy atom. The van der Waals surface area contributed by atoms with Gasteiger partial charge in [-0.1, -0.05) is 103 Å². The summed E-state index contributed by atoms with van der Waals surface area (Å²) < 4.78 is 11.9. The van der Waals surface area contributed by atoms with Gasteiger partial charge in [-0.25, -0.2) is 4.79 Å². The van der Waals surface area contributed by atoms with Crippen LogP contribution in [0.5, 0.6) is 0 Å². The zero-order valence-corrected chi connectivity index (χ0v) is 35.1. The molecule has 3 fully saturated rings. The third-order valence-corrected chi connectivity index (χ3v) is 14.5. The highest BCUT2D eigenvalue weighted by molar-refractivity contribution is 6.18. The summed E-state index contributed by atoms with van der Waals surface area (Å²) >= 11 is 11.8. The van der Waals surface area contributed by atoms with Crippen LogP contribution in [0.15, 0.2) is 23.8 Å². The van der Waals surface area contributed by atoms with E-state index in [1.807, 2.05) is 0 Å². The zero-order valence-electron chi connectivity index (χ0n) is 33.6. The topological polar surface area (TPSA) is 55.8 Å². The van der Waals surface area contributed by atoms with Crippen molar-refractivity contribution >= 4 is 35.3 Å². The van der Waals surface area contributed by atoms with Crippen LogP contribution < -0.4 is 0 Å². The normalized spacial score (nSPS) is 30.3. The highest BCUT2D eigenvalue weighted by Gasteiger charge is 2.59. The molecule has 0 saturated heterocycles. The van der Waals surface area contributed by atoms with Crippen LogP contribution in [0, 0.1) is 40.4 Å². The first kappa shape index (κ1) is 43.5. The van der Waals surface area contributed by atoms with Crippen LogP contribution in [-0.2, 0) is 14.3 Å². The lowest BCUT2D eigenvalue weighted by Gasteiger charge is -2.58. The van der Waals surface area contributed by atoms with E-state index in [1.54, 1.807) is 10.5 Å². The molecular formula is C45H75Cl2NO4. The Labute approximate surface area is 328 Å². The molecule has 0 heterocycles. The van der Waals surface area contributed by atoms with E-state index in [1.165, 1.54) is 96.3 Å². The maximum absolute atomic E-state index is 12.8. The zero-order chi connectivity index (χ0) is 37.4. The summed E-state index contributed by atoms with van der Waals surface area (Å²) in [6.07, 6.45) is 33.3. The van der Waals surface area contributed by atoms with Gasteiger partial charge in [0.15, 0.2) is 0 Å². The predicted molar refractivity (Wildman–Crippen MR) is 218 cm³/mol. The summed E-state index contributed by atoms with van der Waals surface area (Å²) in [6, 6.07) is 0. The molecule has 0 aromatic rings. The highest BCUT2D eigenvalue weighted by Crippen LogP contribution is 2.67. The average molecular weight is 765 g/mol. The number of unbranched alkanes of at least 4 members (excludes halogenated alkanes) is 11. The molecule has 0 N–H and O–H groups in total. The number of hydrogen-bond acceptors (Lipinski definition) is 4. The number of esters is 1. The first-order chi connectivity index (χ1) is 25.2. The highest BCUT2D eigenvalue weighted by atomic mass is 35.5. The lowest BCUT2D eigenvalue weighted by atomic mass is 9.47. The Morgan fingerprint density at radius 3 is 2.19 bits per heavy atom. The molecule has 0 bridgehead atoms. The van der Waals surface area contributed by atoms with Crippen molar-refractivity contribution in [2.24, 2.45) is 40.4 Å². The van der Waals surface area contributed by atoms with Crippen LogP contribution in [-0.4, -0.2) is 54.5 Å². The molecule has 0 radical (unpaired) electrons. The van der Waals surface area contributed by atoms with Gasteiger partial charge in [-0.2, -0.15) is 0 Å². The van der Waals surface area contributed by atoms with E-state index in [0.29, 0.717) is 55.6 Å². The number of halogens is 2. The number of amides is 1. The van der Waals surface area contributed by atoms with Gasteiger partial charge in [-0.15, -0.1) is 23.2 Å². The standard InChI is InChI=1S/C45H75Cl2NO4/c1-5-6-7-8-9-10-11-12-13-14-15-16-17-18-19-20-42(49)52-37-25-27-44(3)36(33-37)21-22-38-40-24-23-39(45(40,4)28-26-41(38)44)35(2)34-51-43(50)48(31-29-46)32-30-47/h12-13,21,35,37-41H,5-11,14-20,22-34H2,1-4H3/t35?,37-,38?,39?,40?,41?,44-,45+/m0/s1. The van der Waals surface area contributed by atoms with Crippen molar-refractivity contribution in [2.45, 2.75) is 175 Å². The minimum Gasteiger partial charge on any atom is -0.462 e. The molecule has 4 rings (SSSR count). The fourth-order valence-corrected chi connectivity index (χ4v) is 11.6. The van der Waals surface area contributed by atoms with Crippen LogP contribution in [0.1, 0.15) is 169 Å². The van der Waals surface area contributed by atoms with Gasteiger partial charge in [0.1, 0.15) is 6.10 Å². The summed E-state index contributed by atoms with van der Waals surface area (Å²) in [7, 11) is 0. The minimum atomic E-state index is -0.293. The van der Waals surface area contributed by atoms with Gasteiger partial charge in [-0.3, -0.25) is 4.79 Å². The molecule has 0 aromatic carbocycles. The van der Waals surface area contributed by atoms with Gasteiger partial charge < -0.3 is 14.4 Å². The summed E-state index contributed by atoms with van der Waals surface area (Å²) in [6.45, 7) is 11.0. The summed E-state index contributed by atoms with van der Waals surface area (Å²) in [5, 5.41) is 0. The van der Waals surface area contributed by atoms with Crippen LogP contribution in [0.3, 0.4) is 0 Å². The average Bonchev–Trinajstić information content (AvgIpc) is 3.49. The van der Waals surface area contributed by atoms with Gasteiger partial charge >= 0.3 is 12.1 Å². The minimum absolute atomic E-state index is 0.0107. The molecule has 1 amide bonds. The monoisotopic (exact) mass is 764 g/mol. The van der Waals surface area contributed by atoms with Crippen molar-refractivity contribution in [3.8, 4) is 0 Å². The Bertz CT molecular complexity index is 1140. The fraction of sp³-hybridized carbons (Fsp3) is 0.867. The van der Waals surface area contributed by atoms with E-state index < -0.39 is 0 Å². The summed E-state index contributed by atoms with van der Waals surface area (Å²) in [5.74, 6) is 3.81. The van der Waals surface area contributed by atoms with E-state index in [-0.39, 0.29) is 29.0 Å². The van der Waals surface area contributed by atoms with Crippen molar-refractivity contribution in [1.82, 2.24) is 4.90 Å². The molecule has 298 valence electrons. The molecule has 4 aliphatic carbocycles. The number of allylic oxidation sites excluding steroid dienone is 3. The molecule has 8 atom stereocenters. The summed E-state index contributed by atoms with van der Waals surface area (Å²) in [4.78, 5) is 27.2. The van der Waals surface area contributed by atoms with Gasteiger partial charge in [0.05, 0.1) is 6.61 Å². The van der Waals surface area contributed by atoms with Gasteiger partial charge in [0.25, 0.3) is 0 Å². The quantitative estimate of drug-likeness (QED) is 0.0450. The SMILES string of the molecule is CCCCCCCCC=CCCCCCCCC(=O)O[C@H]1CC[C@@]2(C)C(=CCC3C4CCC(C(C)COC(=O)N(CCCl)CCCl)[C@@]4(C)CCC32)C1. The molecule has 5 nitrogen and oxygen atoms in total. The Hall–Kier alpha value is -1.20. The van der Waals surface area contributed by atoms with Gasteiger partial charge in [0.2, 0.25) is 0 Å². The second-order valence-corrected chi connectivity index (χ2v) is 18.4. The lowest BCUT2D eigenvalue weighted by molar-refractivity contribution is -0.151. The Kier molecular flexibility index (Phi) is 18.7. The Balaban J connectivity index is 1.14. The maximum atomic E-state index is 12.8. The number of carbonyl (C=O) groups is 2. The van der Waals surface area contributed by atoms with E-state index >= 15 is 0 Å². The maximum Gasteiger partial charge on any atom is 0.409 e. The predicted octanol–water partition coefficient (Wildman–Crippen LogP) is 13.1. The summed E-state index contributed by atoms with van der Waals surface area (Å²) in [5.41, 5.74) is 2.08. The second kappa shape index (κ2) is 22.4. The van der Waals surface area contributed by atoms with Crippen molar-refractivity contribution in [3.63, 3.8) is 0 Å². The third-order valence-electron chi connectivity index (χ3n) is 14.2. The third kappa shape index (κ3) is 11.9. The fourth-order valence-electron chi connectivity index (χ4n) is 11.2. The molecule has 5 unspecified atom stereocenters. The molecule has 0 spiro atoms. The van der Waals surface area contributed by atoms with Crippen molar-refractivity contribution in [3.05, 3.63) is 23.8 Å². The van der Waals surface area contributed by atoms with Crippen LogP contribution >= 0.6 is 23.2 Å². The first-order valence-corrected chi connectivity index (χ1v) is 22.8. The largest absolute Gasteiger partial charge is 0.462 e. The van der Waals surface area contributed by atoms with E-state index in [2.05, 4.69) is 45.9 Å². The number of fused-ring (bicyclic) bond motifs is 5. The van der Waals surface area contributed by atoms with Crippen molar-refractivity contribution in [2.75, 3.05) is 31.5 Å². The second-order valence-electron chi connectivity index (χ2n) is 17.6. The molecule has 0 aromatic heterocycles. The van der Waals surface area contributed by atoms with Crippen LogP contribution in [0.25, 0.3) is 0 Å². The van der Waals surface area contributed by atoms with Crippen LogP contribution in [0.4, 0.5) is 4.79 Å². The van der Waals surface area contributed by atoms with E-state index in [4.69, 9.17) is 32.7 Å². The molecule has 3 saturated carbocycles. The molecule has 52 heavy (non-hydrogen) atoms. The number of rotatable bonds is 23.